The van der Waals surface area contributed by atoms with E-state index in [0.717, 1.165) is 29.1 Å². The van der Waals surface area contributed by atoms with Crippen molar-refractivity contribution in [1.29, 1.82) is 0 Å². The fourth-order valence-corrected chi connectivity index (χ4v) is 3.49. The van der Waals surface area contributed by atoms with E-state index in [0.29, 0.717) is 11.7 Å². The van der Waals surface area contributed by atoms with E-state index in [2.05, 4.69) is 29.2 Å². The Morgan fingerprint density at radius 1 is 1.21 bits per heavy atom. The maximum absolute atomic E-state index is 13.4. The lowest BCUT2D eigenvalue weighted by atomic mass is 10.0. The Hall–Kier alpha value is -2.96. The number of halogens is 1. The Morgan fingerprint density at radius 2 is 1.90 bits per heavy atom. The van der Waals surface area contributed by atoms with Crippen molar-refractivity contribution in [1.82, 2.24) is 24.6 Å². The standard InChI is InChI=1S/C22H28FN5O/c1-14(2)13-28-16(4)19(15(3)26-28)12-20(29)25-21(22-24-10-11-27(22)5)17-6-8-18(23)9-7-17/h6-11,14,21H,12-13H2,1-5H3,(H,25,29). The van der Waals surface area contributed by atoms with Gasteiger partial charge in [-0.2, -0.15) is 5.10 Å². The van der Waals surface area contributed by atoms with Crippen LogP contribution in [-0.2, 0) is 24.8 Å². The minimum Gasteiger partial charge on any atom is -0.342 e. The average Bonchev–Trinajstić information content (AvgIpc) is 3.19. The molecule has 154 valence electrons. The molecule has 0 fully saturated rings. The van der Waals surface area contributed by atoms with Crippen LogP contribution < -0.4 is 5.32 Å². The van der Waals surface area contributed by atoms with Crippen LogP contribution in [0.2, 0.25) is 0 Å². The van der Waals surface area contributed by atoms with E-state index in [9.17, 15) is 9.18 Å². The molecular formula is C22H28FN5O. The number of aromatic nitrogens is 4. The molecule has 0 saturated carbocycles. The van der Waals surface area contributed by atoms with Crippen molar-refractivity contribution < 1.29 is 9.18 Å². The molecule has 2 heterocycles. The van der Waals surface area contributed by atoms with E-state index in [1.165, 1.54) is 12.1 Å². The molecule has 1 N–H and O–H groups in total. The number of rotatable bonds is 7. The molecule has 3 aromatic rings. The van der Waals surface area contributed by atoms with E-state index in [1.54, 1.807) is 18.3 Å². The molecule has 1 aromatic carbocycles. The second-order valence-corrected chi connectivity index (χ2v) is 7.85. The van der Waals surface area contributed by atoms with Crippen molar-refractivity contribution in [3.8, 4) is 0 Å². The van der Waals surface area contributed by atoms with Crippen molar-refractivity contribution in [2.75, 3.05) is 0 Å². The third-order valence-corrected chi connectivity index (χ3v) is 5.03. The Balaban J connectivity index is 1.84. The third kappa shape index (κ3) is 4.72. The summed E-state index contributed by atoms with van der Waals surface area (Å²) in [5.41, 5.74) is 3.61. The Labute approximate surface area is 170 Å². The predicted octanol–water partition coefficient (Wildman–Crippen LogP) is 3.48. The minimum absolute atomic E-state index is 0.127. The fourth-order valence-electron chi connectivity index (χ4n) is 3.49. The summed E-state index contributed by atoms with van der Waals surface area (Å²) in [6, 6.07) is 5.66. The topological polar surface area (TPSA) is 64.7 Å². The lowest BCUT2D eigenvalue weighted by Crippen LogP contribution is -2.32. The second-order valence-electron chi connectivity index (χ2n) is 7.85. The number of benzene rings is 1. The number of carbonyl (C=O) groups is 1. The molecule has 7 heteroatoms. The number of hydrogen-bond acceptors (Lipinski definition) is 3. The molecule has 0 aliphatic rings. The first-order valence-electron chi connectivity index (χ1n) is 9.81. The van der Waals surface area contributed by atoms with Gasteiger partial charge in [-0.15, -0.1) is 0 Å². The largest absolute Gasteiger partial charge is 0.342 e. The molecule has 2 aromatic heterocycles. The summed E-state index contributed by atoms with van der Waals surface area (Å²) in [6.45, 7) is 9.04. The van der Waals surface area contributed by atoms with Gasteiger partial charge in [0.1, 0.15) is 17.7 Å². The van der Waals surface area contributed by atoms with Crippen LogP contribution in [0.4, 0.5) is 4.39 Å². The smallest absolute Gasteiger partial charge is 0.225 e. The van der Waals surface area contributed by atoms with E-state index >= 15 is 0 Å². The molecular weight excluding hydrogens is 369 g/mol. The van der Waals surface area contributed by atoms with Crippen LogP contribution in [0, 0.1) is 25.6 Å². The third-order valence-electron chi connectivity index (χ3n) is 5.03. The average molecular weight is 397 g/mol. The van der Waals surface area contributed by atoms with Crippen LogP contribution in [0.1, 0.15) is 48.2 Å². The van der Waals surface area contributed by atoms with Crippen molar-refractivity contribution in [2.45, 2.75) is 46.7 Å². The van der Waals surface area contributed by atoms with Crippen LogP contribution in [0.15, 0.2) is 36.7 Å². The summed E-state index contributed by atoms with van der Waals surface area (Å²) in [5, 5.41) is 7.66. The Bertz CT molecular complexity index is 987. The highest BCUT2D eigenvalue weighted by Crippen LogP contribution is 2.22. The normalized spacial score (nSPS) is 12.4. The zero-order valence-corrected chi connectivity index (χ0v) is 17.6. The van der Waals surface area contributed by atoms with Gasteiger partial charge in [-0.3, -0.25) is 9.48 Å². The first-order chi connectivity index (χ1) is 13.8. The molecule has 0 aliphatic carbocycles. The van der Waals surface area contributed by atoms with Gasteiger partial charge < -0.3 is 9.88 Å². The van der Waals surface area contributed by atoms with Gasteiger partial charge >= 0.3 is 0 Å². The van der Waals surface area contributed by atoms with E-state index in [-0.39, 0.29) is 18.1 Å². The molecule has 0 bridgehead atoms. The van der Waals surface area contributed by atoms with Crippen molar-refractivity contribution in [3.63, 3.8) is 0 Å². The first kappa shape index (κ1) is 20.8. The van der Waals surface area contributed by atoms with E-state index in [1.807, 2.05) is 36.3 Å². The van der Waals surface area contributed by atoms with Crippen molar-refractivity contribution in [3.05, 3.63) is 70.8 Å². The highest BCUT2D eigenvalue weighted by molar-refractivity contribution is 5.80. The summed E-state index contributed by atoms with van der Waals surface area (Å²) in [4.78, 5) is 17.3. The molecule has 3 rings (SSSR count). The fraction of sp³-hybridized carbons (Fsp3) is 0.409. The molecule has 0 saturated heterocycles. The highest BCUT2D eigenvalue weighted by atomic mass is 19.1. The summed E-state index contributed by atoms with van der Waals surface area (Å²) in [6.07, 6.45) is 3.74. The van der Waals surface area contributed by atoms with Gasteiger partial charge in [0.15, 0.2) is 0 Å². The minimum atomic E-state index is -0.463. The predicted molar refractivity (Wildman–Crippen MR) is 110 cm³/mol. The van der Waals surface area contributed by atoms with Crippen LogP contribution in [0.25, 0.3) is 0 Å². The lowest BCUT2D eigenvalue weighted by molar-refractivity contribution is -0.121. The van der Waals surface area contributed by atoms with Crippen molar-refractivity contribution >= 4 is 5.91 Å². The maximum Gasteiger partial charge on any atom is 0.225 e. The van der Waals surface area contributed by atoms with Gasteiger partial charge in [-0.1, -0.05) is 26.0 Å². The SMILES string of the molecule is Cc1nn(CC(C)C)c(C)c1CC(=O)NC(c1ccc(F)cc1)c1nccn1C. The number of imidazole rings is 1. The maximum atomic E-state index is 13.4. The molecule has 1 unspecified atom stereocenters. The number of nitrogens with one attached hydrogen (secondary N) is 1. The monoisotopic (exact) mass is 397 g/mol. The zero-order chi connectivity index (χ0) is 21.1. The number of hydrogen-bond donors (Lipinski definition) is 1. The van der Waals surface area contributed by atoms with Gasteiger partial charge in [0.25, 0.3) is 0 Å². The molecule has 0 radical (unpaired) electrons. The number of amides is 1. The summed E-state index contributed by atoms with van der Waals surface area (Å²) in [5.74, 6) is 0.718. The lowest BCUT2D eigenvalue weighted by Gasteiger charge is -2.19. The Kier molecular flexibility index (Phi) is 6.15. The molecule has 0 aliphatic heterocycles. The number of aryl methyl sites for hydroxylation is 2. The van der Waals surface area contributed by atoms with Crippen LogP contribution in [-0.4, -0.2) is 25.2 Å². The van der Waals surface area contributed by atoms with E-state index < -0.39 is 6.04 Å². The van der Waals surface area contributed by atoms with Gasteiger partial charge in [0.2, 0.25) is 5.91 Å². The summed E-state index contributed by atoms with van der Waals surface area (Å²) >= 11 is 0. The molecule has 1 atom stereocenters. The van der Waals surface area contributed by atoms with Crippen molar-refractivity contribution in [2.24, 2.45) is 13.0 Å². The van der Waals surface area contributed by atoms with Crippen LogP contribution in [0.3, 0.4) is 0 Å². The molecule has 29 heavy (non-hydrogen) atoms. The molecule has 1 amide bonds. The van der Waals surface area contributed by atoms with Gasteiger partial charge in [-0.05, 0) is 37.5 Å². The van der Waals surface area contributed by atoms with E-state index in [4.69, 9.17) is 0 Å². The quantitative estimate of drug-likeness (QED) is 0.664. The highest BCUT2D eigenvalue weighted by Gasteiger charge is 2.23. The van der Waals surface area contributed by atoms with Crippen LogP contribution >= 0.6 is 0 Å². The second kappa shape index (κ2) is 8.59. The molecule has 6 nitrogen and oxygen atoms in total. The first-order valence-corrected chi connectivity index (χ1v) is 9.81. The van der Waals surface area contributed by atoms with Gasteiger partial charge in [-0.25, -0.2) is 9.37 Å². The zero-order valence-electron chi connectivity index (χ0n) is 17.6. The van der Waals surface area contributed by atoms with Crippen LogP contribution in [0.5, 0.6) is 0 Å². The summed E-state index contributed by atoms with van der Waals surface area (Å²) in [7, 11) is 1.87. The number of carbonyl (C=O) groups excluding carboxylic acids is 1. The molecule has 0 spiro atoms. The van der Waals surface area contributed by atoms with Gasteiger partial charge in [0, 0.05) is 37.2 Å². The number of nitrogens with zero attached hydrogens (tertiary/aromatic N) is 4. The Morgan fingerprint density at radius 3 is 2.48 bits per heavy atom. The van der Waals surface area contributed by atoms with Gasteiger partial charge in [0.05, 0.1) is 12.1 Å². The summed E-state index contributed by atoms with van der Waals surface area (Å²) < 4.78 is 17.2.